The molecule has 1 atom stereocenters. The molecule has 0 aliphatic rings. The minimum absolute atomic E-state index is 0.000750. The number of amidine groups is 1. The molecule has 0 spiro atoms. The van der Waals surface area contributed by atoms with Crippen LogP contribution < -0.4 is 16.4 Å². The number of oxime groups is 1. The lowest BCUT2D eigenvalue weighted by molar-refractivity contribution is -0.139. The van der Waals surface area contributed by atoms with E-state index in [0.717, 1.165) is 12.0 Å². The normalized spacial score (nSPS) is 11.5. The average Bonchev–Trinajstić information content (AvgIpc) is 2.73. The van der Waals surface area contributed by atoms with Gasteiger partial charge in [-0.1, -0.05) is 42.8 Å². The minimum atomic E-state index is -1.30. The van der Waals surface area contributed by atoms with Gasteiger partial charge in [0.05, 0.1) is 13.0 Å². The molecule has 2 amide bonds. The van der Waals surface area contributed by atoms with Crippen LogP contribution in [0, 0.1) is 5.41 Å². The topological polar surface area (TPSA) is 176 Å². The molecule has 1 rings (SSSR count). The van der Waals surface area contributed by atoms with Crippen molar-refractivity contribution in [2.45, 2.75) is 38.6 Å². The number of aliphatic carboxylic acids is 1. The molecule has 0 heterocycles. The number of hydrogen-bond acceptors (Lipinski definition) is 7. The fourth-order valence-corrected chi connectivity index (χ4v) is 2.20. The molecule has 31 heavy (non-hydrogen) atoms. The average molecular weight is 435 g/mol. The Morgan fingerprint density at radius 2 is 1.97 bits per heavy atom. The van der Waals surface area contributed by atoms with E-state index in [1.807, 2.05) is 19.1 Å². The maximum atomic E-state index is 11.8. The van der Waals surface area contributed by atoms with Crippen molar-refractivity contribution in [2.75, 3.05) is 19.8 Å². The molecule has 11 nitrogen and oxygen atoms in total. The van der Waals surface area contributed by atoms with Gasteiger partial charge in [0.1, 0.15) is 18.5 Å². The largest absolute Gasteiger partial charge is 0.480 e. The summed E-state index contributed by atoms with van der Waals surface area (Å²) < 4.78 is 4.84. The molecule has 0 aromatic heterocycles. The first-order valence-corrected chi connectivity index (χ1v) is 9.83. The Bertz CT molecular complexity index is 766. The van der Waals surface area contributed by atoms with Gasteiger partial charge in [0.2, 0.25) is 5.91 Å². The molecule has 0 saturated carbocycles. The summed E-state index contributed by atoms with van der Waals surface area (Å²) in [5.74, 6) is -1.73. The molecule has 11 heteroatoms. The molecule has 0 unspecified atom stereocenters. The van der Waals surface area contributed by atoms with Crippen molar-refractivity contribution in [1.82, 2.24) is 10.6 Å². The Morgan fingerprint density at radius 3 is 2.58 bits per heavy atom. The van der Waals surface area contributed by atoms with Gasteiger partial charge in [0.15, 0.2) is 0 Å². The maximum Gasteiger partial charge on any atom is 0.407 e. The first-order valence-electron chi connectivity index (χ1n) is 9.83. The van der Waals surface area contributed by atoms with Gasteiger partial charge in [0, 0.05) is 24.7 Å². The third kappa shape index (κ3) is 11.2. The number of nitrogens with zero attached hydrogens (tertiary/aromatic N) is 1. The molecule has 1 aromatic carbocycles. The second-order valence-corrected chi connectivity index (χ2v) is 6.51. The molecule has 0 saturated heterocycles. The first kappa shape index (κ1) is 25.4. The van der Waals surface area contributed by atoms with Crippen molar-refractivity contribution < 1.29 is 29.1 Å². The van der Waals surface area contributed by atoms with Gasteiger partial charge in [-0.05, 0) is 12.0 Å². The lowest BCUT2D eigenvalue weighted by atomic mass is 10.1. The highest BCUT2D eigenvalue weighted by Crippen LogP contribution is 2.03. The summed E-state index contributed by atoms with van der Waals surface area (Å²) in [5.41, 5.74) is 6.98. The zero-order valence-corrected chi connectivity index (χ0v) is 17.4. The number of nitrogen functional groups attached to an aromatic ring is 1. The van der Waals surface area contributed by atoms with Gasteiger partial charge in [-0.25, -0.2) is 9.59 Å². The van der Waals surface area contributed by atoms with Crippen LogP contribution in [0.4, 0.5) is 4.79 Å². The molecule has 0 radical (unpaired) electrons. The van der Waals surface area contributed by atoms with Crippen LogP contribution in [-0.2, 0) is 25.6 Å². The highest BCUT2D eigenvalue weighted by molar-refractivity contribution is 5.94. The van der Waals surface area contributed by atoms with E-state index in [1.165, 1.54) is 6.21 Å². The van der Waals surface area contributed by atoms with Gasteiger partial charge >= 0.3 is 12.1 Å². The first-order chi connectivity index (χ1) is 14.8. The Kier molecular flexibility index (Phi) is 11.8. The number of ether oxygens (including phenoxy) is 1. The lowest BCUT2D eigenvalue weighted by Gasteiger charge is -2.15. The smallest absolute Gasteiger partial charge is 0.407 e. The third-order valence-corrected chi connectivity index (χ3v) is 3.99. The number of unbranched alkanes of at least 4 members (excludes halogenated alkanes) is 1. The van der Waals surface area contributed by atoms with Gasteiger partial charge in [-0.2, -0.15) is 0 Å². The van der Waals surface area contributed by atoms with Crippen molar-refractivity contribution in [1.29, 1.82) is 5.41 Å². The summed E-state index contributed by atoms with van der Waals surface area (Å²) in [6.45, 7) is 1.86. The zero-order chi connectivity index (χ0) is 23.1. The summed E-state index contributed by atoms with van der Waals surface area (Å²) in [4.78, 5) is 39.5. The van der Waals surface area contributed by atoms with E-state index in [0.29, 0.717) is 18.4 Å². The molecule has 0 aliphatic heterocycles. The summed E-state index contributed by atoms with van der Waals surface area (Å²) in [7, 11) is 0. The highest BCUT2D eigenvalue weighted by Gasteiger charge is 2.21. The quantitative estimate of drug-likeness (QED) is 0.125. The molecule has 0 fully saturated rings. The fraction of sp³-hybridized carbons (Fsp3) is 0.450. The van der Waals surface area contributed by atoms with Gasteiger partial charge in [-0.3, -0.25) is 10.2 Å². The summed E-state index contributed by atoms with van der Waals surface area (Å²) in [6, 6.07) is 5.82. The number of rotatable bonds is 14. The Hall–Kier alpha value is -3.63. The Balaban J connectivity index is 2.24. The second kappa shape index (κ2) is 14.4. The SMILES string of the molecule is CCCCOC(=O)N[C@@H](CNC(=O)CCO/N=C/Cc1ccc(C(=N)N)cc1)C(=O)O. The van der Waals surface area contributed by atoms with Crippen LogP contribution in [0.2, 0.25) is 0 Å². The van der Waals surface area contributed by atoms with Crippen LogP contribution in [0.5, 0.6) is 0 Å². The van der Waals surface area contributed by atoms with Crippen LogP contribution in [0.3, 0.4) is 0 Å². The number of hydrogen-bond donors (Lipinski definition) is 5. The van der Waals surface area contributed by atoms with Crippen molar-refractivity contribution in [2.24, 2.45) is 10.9 Å². The molecular weight excluding hydrogens is 406 g/mol. The number of nitrogens with one attached hydrogen (secondary N) is 3. The van der Waals surface area contributed by atoms with Crippen molar-refractivity contribution in [3.63, 3.8) is 0 Å². The second-order valence-electron chi connectivity index (χ2n) is 6.51. The zero-order valence-electron chi connectivity index (χ0n) is 17.4. The molecule has 170 valence electrons. The van der Waals surface area contributed by atoms with E-state index in [-0.39, 0.29) is 32.0 Å². The van der Waals surface area contributed by atoms with Gasteiger partial charge < -0.3 is 31.0 Å². The van der Waals surface area contributed by atoms with Crippen molar-refractivity contribution in [3.05, 3.63) is 35.4 Å². The van der Waals surface area contributed by atoms with E-state index < -0.39 is 24.0 Å². The van der Waals surface area contributed by atoms with Crippen LogP contribution in [0.25, 0.3) is 0 Å². The molecule has 6 N–H and O–H groups in total. The fourth-order valence-electron chi connectivity index (χ4n) is 2.20. The Morgan fingerprint density at radius 1 is 1.26 bits per heavy atom. The van der Waals surface area contributed by atoms with Gasteiger partial charge in [0.25, 0.3) is 0 Å². The monoisotopic (exact) mass is 435 g/mol. The van der Waals surface area contributed by atoms with Crippen LogP contribution in [-0.4, -0.2) is 60.9 Å². The Labute approximate surface area is 180 Å². The lowest BCUT2D eigenvalue weighted by Crippen LogP contribution is -2.48. The molecule has 0 aliphatic carbocycles. The standard InChI is InChI=1S/C20H29N5O6/c1-2-3-11-30-20(29)25-16(19(27)28)13-23-17(26)9-12-31-24-10-8-14-4-6-15(7-5-14)18(21)22/h4-7,10,16H,2-3,8-9,11-13H2,1H3,(H3,21,22)(H,23,26)(H,25,29)(H,27,28)/b24-10+/t16-/m0/s1. The van der Waals surface area contributed by atoms with Gasteiger partial charge in [-0.15, -0.1) is 0 Å². The number of alkyl carbamates (subject to hydrolysis) is 1. The van der Waals surface area contributed by atoms with Crippen LogP contribution in [0.15, 0.2) is 29.4 Å². The number of benzene rings is 1. The van der Waals surface area contributed by atoms with E-state index in [9.17, 15) is 14.4 Å². The van der Waals surface area contributed by atoms with E-state index >= 15 is 0 Å². The number of carboxylic acids is 1. The summed E-state index contributed by atoms with van der Waals surface area (Å²) >= 11 is 0. The number of carbonyl (C=O) groups excluding carboxylic acids is 2. The number of carboxylic acid groups (broad SMARTS) is 1. The highest BCUT2D eigenvalue weighted by atomic mass is 16.6. The van der Waals surface area contributed by atoms with E-state index in [2.05, 4.69) is 15.8 Å². The number of nitrogens with two attached hydrogens (primary N) is 1. The van der Waals surface area contributed by atoms with E-state index in [1.54, 1.807) is 12.1 Å². The molecular formula is C20H29N5O6. The maximum absolute atomic E-state index is 11.8. The third-order valence-electron chi connectivity index (χ3n) is 3.99. The predicted octanol–water partition coefficient (Wildman–Crippen LogP) is 1.00. The molecule has 1 aromatic rings. The number of amides is 2. The predicted molar refractivity (Wildman–Crippen MR) is 114 cm³/mol. The summed E-state index contributed by atoms with van der Waals surface area (Å²) in [5, 5.41) is 24.8. The minimum Gasteiger partial charge on any atom is -0.480 e. The number of carbonyl (C=O) groups is 3. The van der Waals surface area contributed by atoms with Crippen LogP contribution in [0.1, 0.15) is 37.3 Å². The molecule has 0 bridgehead atoms. The van der Waals surface area contributed by atoms with Crippen molar-refractivity contribution in [3.8, 4) is 0 Å². The summed E-state index contributed by atoms with van der Waals surface area (Å²) in [6.07, 6.45) is 2.68. The van der Waals surface area contributed by atoms with Crippen molar-refractivity contribution >= 4 is 30.0 Å². The van der Waals surface area contributed by atoms with E-state index in [4.69, 9.17) is 25.8 Å². The van der Waals surface area contributed by atoms with Crippen LogP contribution >= 0.6 is 0 Å².